The number of nitrogens with one attached hydrogen (secondary N) is 2. The van der Waals surface area contributed by atoms with E-state index in [1.807, 2.05) is 6.07 Å². The molecule has 2 rings (SSSR count). The molecule has 2 N–H and O–H groups in total. The van der Waals surface area contributed by atoms with E-state index in [4.69, 9.17) is 4.99 Å². The van der Waals surface area contributed by atoms with Gasteiger partial charge < -0.3 is 15.5 Å². The standard InChI is InChI=1S/C21H35FN4.HI/c1-5-12-26-13-10-19(11-14-26)25-20(23-6-2)24-16-21(3,4)17-8-7-9-18(22)15-17;/h7-9,15,19H,5-6,10-14,16H2,1-4H3,(H2,23,24,25);1H. The predicted molar refractivity (Wildman–Crippen MR) is 124 cm³/mol. The third kappa shape index (κ3) is 7.94. The van der Waals surface area contributed by atoms with E-state index in [0.29, 0.717) is 12.6 Å². The average molecular weight is 490 g/mol. The number of rotatable bonds is 7. The molecule has 0 aromatic heterocycles. The summed E-state index contributed by atoms with van der Waals surface area (Å²) in [6, 6.07) is 7.31. The third-order valence-electron chi connectivity index (χ3n) is 5.05. The molecule has 1 aliphatic rings. The molecule has 1 aliphatic heterocycles. The van der Waals surface area contributed by atoms with Gasteiger partial charge in [-0.05, 0) is 50.4 Å². The van der Waals surface area contributed by atoms with Crippen LogP contribution in [0.4, 0.5) is 4.39 Å². The maximum atomic E-state index is 13.5. The van der Waals surface area contributed by atoms with Gasteiger partial charge in [0.25, 0.3) is 0 Å². The first-order chi connectivity index (χ1) is 12.4. The van der Waals surface area contributed by atoms with Crippen molar-refractivity contribution in [2.24, 2.45) is 4.99 Å². The molecule has 0 aliphatic carbocycles. The van der Waals surface area contributed by atoms with E-state index in [-0.39, 0.29) is 35.2 Å². The number of halogens is 2. The van der Waals surface area contributed by atoms with E-state index in [1.165, 1.54) is 19.0 Å². The van der Waals surface area contributed by atoms with Gasteiger partial charge in [0.05, 0.1) is 6.54 Å². The molecule has 0 spiro atoms. The number of hydrogen-bond donors (Lipinski definition) is 2. The van der Waals surface area contributed by atoms with E-state index < -0.39 is 0 Å². The molecule has 0 unspecified atom stereocenters. The van der Waals surface area contributed by atoms with Gasteiger partial charge in [-0.1, -0.05) is 32.9 Å². The molecule has 1 fully saturated rings. The van der Waals surface area contributed by atoms with Crippen LogP contribution < -0.4 is 10.6 Å². The first-order valence-electron chi connectivity index (χ1n) is 9.98. The lowest BCUT2D eigenvalue weighted by atomic mass is 9.85. The normalized spacial score (nSPS) is 16.7. The first-order valence-corrected chi connectivity index (χ1v) is 9.98. The van der Waals surface area contributed by atoms with Crippen LogP contribution in [0.3, 0.4) is 0 Å². The van der Waals surface area contributed by atoms with E-state index in [0.717, 1.165) is 44.0 Å². The maximum Gasteiger partial charge on any atom is 0.191 e. The molecule has 0 bridgehead atoms. The summed E-state index contributed by atoms with van der Waals surface area (Å²) in [4.78, 5) is 7.34. The second-order valence-electron chi connectivity index (χ2n) is 7.85. The highest BCUT2D eigenvalue weighted by atomic mass is 127. The zero-order valence-corrected chi connectivity index (χ0v) is 19.6. The Hall–Kier alpha value is -0.890. The second kappa shape index (κ2) is 11.8. The van der Waals surface area contributed by atoms with Gasteiger partial charge in [0.2, 0.25) is 0 Å². The lowest BCUT2D eigenvalue weighted by molar-refractivity contribution is 0.206. The Bertz CT molecular complexity index is 583. The van der Waals surface area contributed by atoms with Crippen molar-refractivity contribution >= 4 is 29.9 Å². The van der Waals surface area contributed by atoms with E-state index in [9.17, 15) is 4.39 Å². The van der Waals surface area contributed by atoms with E-state index >= 15 is 0 Å². The minimum Gasteiger partial charge on any atom is -0.357 e. The smallest absolute Gasteiger partial charge is 0.191 e. The Labute approximate surface area is 181 Å². The lowest BCUT2D eigenvalue weighted by Crippen LogP contribution is -2.49. The maximum absolute atomic E-state index is 13.5. The lowest BCUT2D eigenvalue weighted by Gasteiger charge is -2.33. The molecule has 1 aromatic rings. The average Bonchev–Trinajstić information content (AvgIpc) is 2.62. The van der Waals surface area contributed by atoms with Gasteiger partial charge in [-0.2, -0.15) is 0 Å². The van der Waals surface area contributed by atoms with Crippen LogP contribution >= 0.6 is 24.0 Å². The van der Waals surface area contributed by atoms with E-state index in [1.54, 1.807) is 12.1 Å². The molecular formula is C21H36FIN4. The second-order valence-corrected chi connectivity index (χ2v) is 7.85. The molecule has 1 saturated heterocycles. The largest absolute Gasteiger partial charge is 0.357 e. The third-order valence-corrected chi connectivity index (χ3v) is 5.05. The fraction of sp³-hybridized carbons (Fsp3) is 0.667. The highest BCUT2D eigenvalue weighted by molar-refractivity contribution is 14.0. The first kappa shape index (κ1) is 24.1. The zero-order chi connectivity index (χ0) is 19.0. The van der Waals surface area contributed by atoms with Crippen LogP contribution in [0.5, 0.6) is 0 Å². The van der Waals surface area contributed by atoms with Gasteiger partial charge >= 0.3 is 0 Å². The van der Waals surface area contributed by atoms with Crippen molar-refractivity contribution < 1.29 is 4.39 Å². The SMILES string of the molecule is CCCN1CCC(NC(=NCC(C)(C)c2cccc(F)c2)NCC)CC1.I. The Morgan fingerprint density at radius 1 is 1.26 bits per heavy atom. The van der Waals surface area contributed by atoms with Crippen LogP contribution in [-0.2, 0) is 5.41 Å². The Morgan fingerprint density at radius 2 is 1.96 bits per heavy atom. The molecule has 6 heteroatoms. The highest BCUT2D eigenvalue weighted by Gasteiger charge is 2.22. The van der Waals surface area contributed by atoms with E-state index in [2.05, 4.69) is 43.2 Å². The van der Waals surface area contributed by atoms with Crippen molar-refractivity contribution in [3.8, 4) is 0 Å². The van der Waals surface area contributed by atoms with Crippen molar-refractivity contribution in [3.05, 3.63) is 35.6 Å². The van der Waals surface area contributed by atoms with Crippen molar-refractivity contribution in [1.29, 1.82) is 0 Å². The van der Waals surface area contributed by atoms with Crippen LogP contribution in [0.2, 0.25) is 0 Å². The molecule has 0 amide bonds. The molecule has 0 saturated carbocycles. The number of nitrogens with zero attached hydrogens (tertiary/aromatic N) is 2. The molecular weight excluding hydrogens is 454 g/mol. The Balaban J connectivity index is 0.00000364. The molecule has 0 radical (unpaired) electrons. The summed E-state index contributed by atoms with van der Waals surface area (Å²) in [5.74, 6) is 0.675. The van der Waals surface area contributed by atoms with Crippen molar-refractivity contribution in [1.82, 2.24) is 15.5 Å². The fourth-order valence-electron chi connectivity index (χ4n) is 3.41. The Morgan fingerprint density at radius 3 is 2.56 bits per heavy atom. The number of benzene rings is 1. The summed E-state index contributed by atoms with van der Waals surface area (Å²) in [7, 11) is 0. The summed E-state index contributed by atoms with van der Waals surface area (Å²) in [6.07, 6.45) is 3.52. The minimum absolute atomic E-state index is 0. The van der Waals surface area contributed by atoms with Crippen LogP contribution in [-0.4, -0.2) is 49.6 Å². The van der Waals surface area contributed by atoms with Crippen molar-refractivity contribution in [2.75, 3.05) is 32.7 Å². The van der Waals surface area contributed by atoms with Gasteiger partial charge in [-0.3, -0.25) is 4.99 Å². The number of likely N-dealkylation sites (tertiary alicyclic amines) is 1. The van der Waals surface area contributed by atoms with Gasteiger partial charge in [-0.15, -0.1) is 24.0 Å². The Kier molecular flexibility index (Phi) is 10.6. The van der Waals surface area contributed by atoms with Crippen molar-refractivity contribution in [3.63, 3.8) is 0 Å². The van der Waals surface area contributed by atoms with Crippen molar-refractivity contribution in [2.45, 2.75) is 58.4 Å². The molecule has 4 nitrogen and oxygen atoms in total. The number of aliphatic imine (C=N–C) groups is 1. The zero-order valence-electron chi connectivity index (χ0n) is 17.2. The van der Waals surface area contributed by atoms with Crippen LogP contribution in [0.15, 0.2) is 29.3 Å². The number of hydrogen-bond acceptors (Lipinski definition) is 2. The van der Waals surface area contributed by atoms with Crippen LogP contribution in [0.25, 0.3) is 0 Å². The summed E-state index contributed by atoms with van der Waals surface area (Å²) in [5, 5.41) is 6.95. The summed E-state index contributed by atoms with van der Waals surface area (Å²) >= 11 is 0. The molecule has 27 heavy (non-hydrogen) atoms. The van der Waals surface area contributed by atoms with Crippen LogP contribution in [0.1, 0.15) is 52.5 Å². The van der Waals surface area contributed by atoms with Gasteiger partial charge in [-0.25, -0.2) is 4.39 Å². The molecule has 0 atom stereocenters. The molecule has 154 valence electrons. The molecule has 1 aromatic carbocycles. The number of piperidine rings is 1. The predicted octanol–water partition coefficient (Wildman–Crippen LogP) is 4.15. The summed E-state index contributed by atoms with van der Waals surface area (Å²) < 4.78 is 13.5. The highest BCUT2D eigenvalue weighted by Crippen LogP contribution is 2.24. The van der Waals surface area contributed by atoms with Gasteiger partial charge in [0, 0.05) is 31.1 Å². The monoisotopic (exact) mass is 490 g/mol. The summed E-state index contributed by atoms with van der Waals surface area (Å²) in [5.41, 5.74) is 0.763. The van der Waals surface area contributed by atoms with Crippen LogP contribution in [0, 0.1) is 5.82 Å². The number of guanidine groups is 1. The van der Waals surface area contributed by atoms with Gasteiger partial charge in [0.1, 0.15) is 5.82 Å². The topological polar surface area (TPSA) is 39.7 Å². The fourth-order valence-corrected chi connectivity index (χ4v) is 3.41. The quantitative estimate of drug-likeness (QED) is 0.343. The van der Waals surface area contributed by atoms with Gasteiger partial charge in [0.15, 0.2) is 5.96 Å². The summed E-state index contributed by atoms with van der Waals surface area (Å²) in [6.45, 7) is 13.5. The minimum atomic E-state index is -0.213. The molecule has 1 heterocycles.